The molecule has 3 heteroatoms. The fraction of sp³-hybridized carbons (Fsp3) is 0.615. The van der Waals surface area contributed by atoms with Gasteiger partial charge in [-0.15, -0.1) is 0 Å². The third-order valence-corrected chi connectivity index (χ3v) is 3.62. The Kier molecular flexibility index (Phi) is 3.15. The van der Waals surface area contributed by atoms with Crippen molar-refractivity contribution in [3.05, 3.63) is 23.4 Å². The van der Waals surface area contributed by atoms with E-state index >= 15 is 0 Å². The molecule has 0 spiro atoms. The van der Waals surface area contributed by atoms with Gasteiger partial charge in [0.1, 0.15) is 5.82 Å². The Morgan fingerprint density at radius 2 is 2.25 bits per heavy atom. The van der Waals surface area contributed by atoms with Gasteiger partial charge in [-0.05, 0) is 36.8 Å². The minimum Gasteiger partial charge on any atom is -0.359 e. The van der Waals surface area contributed by atoms with E-state index < -0.39 is 0 Å². The van der Waals surface area contributed by atoms with Gasteiger partial charge in [-0.25, -0.2) is 4.98 Å². The van der Waals surface area contributed by atoms with Crippen molar-refractivity contribution in [2.45, 2.75) is 26.8 Å². The summed E-state index contributed by atoms with van der Waals surface area (Å²) in [4.78, 5) is 6.72. The molecule has 0 amide bonds. The largest absolute Gasteiger partial charge is 0.359 e. The van der Waals surface area contributed by atoms with Crippen LogP contribution >= 0.6 is 0 Å². The Morgan fingerprint density at radius 1 is 1.56 bits per heavy atom. The highest BCUT2D eigenvalue weighted by atomic mass is 15.2. The van der Waals surface area contributed by atoms with E-state index in [2.05, 4.69) is 30.8 Å². The molecule has 1 aromatic heterocycles. The number of nitrogens with zero attached hydrogens (tertiary/aromatic N) is 2. The first kappa shape index (κ1) is 11.4. The predicted octanol–water partition coefficient (Wildman–Crippen LogP) is 1.94. The van der Waals surface area contributed by atoms with Gasteiger partial charge < -0.3 is 10.6 Å². The molecule has 0 saturated heterocycles. The van der Waals surface area contributed by atoms with Crippen LogP contribution in [0.15, 0.2) is 12.3 Å². The molecule has 2 rings (SSSR count). The molecule has 0 bridgehead atoms. The average Bonchev–Trinajstić information content (AvgIpc) is 2.93. The zero-order valence-electron chi connectivity index (χ0n) is 10.4. The second-order valence-electron chi connectivity index (χ2n) is 4.99. The Labute approximate surface area is 97.7 Å². The van der Waals surface area contributed by atoms with Gasteiger partial charge in [0.15, 0.2) is 0 Å². The molecular weight excluding hydrogens is 198 g/mol. The maximum Gasteiger partial charge on any atom is 0.133 e. The van der Waals surface area contributed by atoms with Gasteiger partial charge in [0.2, 0.25) is 0 Å². The van der Waals surface area contributed by atoms with Crippen LogP contribution in [0.25, 0.3) is 0 Å². The Morgan fingerprint density at radius 3 is 2.81 bits per heavy atom. The first-order valence-electron chi connectivity index (χ1n) is 5.99. The van der Waals surface area contributed by atoms with Gasteiger partial charge in [0.05, 0.1) is 0 Å². The normalized spacial score (nSPS) is 23.2. The van der Waals surface area contributed by atoms with Gasteiger partial charge in [-0.1, -0.05) is 6.92 Å². The average molecular weight is 219 g/mol. The number of aromatic nitrogens is 1. The summed E-state index contributed by atoms with van der Waals surface area (Å²) in [5.41, 5.74) is 8.21. The monoisotopic (exact) mass is 219 g/mol. The van der Waals surface area contributed by atoms with E-state index in [1.54, 1.807) is 0 Å². The summed E-state index contributed by atoms with van der Waals surface area (Å²) in [6, 6.07) is 2.03. The summed E-state index contributed by atoms with van der Waals surface area (Å²) in [7, 11) is 2.12. The molecule has 0 aromatic carbocycles. The van der Waals surface area contributed by atoms with Crippen LogP contribution in [0.1, 0.15) is 24.5 Å². The van der Waals surface area contributed by atoms with Crippen LogP contribution in [-0.4, -0.2) is 18.6 Å². The maximum atomic E-state index is 5.80. The van der Waals surface area contributed by atoms with Crippen molar-refractivity contribution in [1.29, 1.82) is 0 Å². The number of hydrogen-bond acceptors (Lipinski definition) is 3. The Hall–Kier alpha value is -1.09. The van der Waals surface area contributed by atoms with Gasteiger partial charge in [-0.2, -0.15) is 0 Å². The smallest absolute Gasteiger partial charge is 0.133 e. The number of aryl methyl sites for hydroxylation is 1. The molecule has 0 aliphatic heterocycles. The minimum atomic E-state index is 0.569. The lowest BCUT2D eigenvalue weighted by Crippen LogP contribution is -2.24. The topological polar surface area (TPSA) is 42.2 Å². The number of pyridine rings is 1. The third-order valence-electron chi connectivity index (χ3n) is 3.62. The van der Waals surface area contributed by atoms with Crippen molar-refractivity contribution >= 4 is 5.82 Å². The number of hydrogen-bond donors (Lipinski definition) is 1. The van der Waals surface area contributed by atoms with Gasteiger partial charge in [-0.3, -0.25) is 0 Å². The molecule has 2 unspecified atom stereocenters. The maximum absolute atomic E-state index is 5.80. The van der Waals surface area contributed by atoms with Crippen LogP contribution in [0, 0.1) is 18.8 Å². The molecule has 1 aromatic rings. The summed E-state index contributed by atoms with van der Waals surface area (Å²) >= 11 is 0. The van der Waals surface area contributed by atoms with Crippen molar-refractivity contribution in [2.24, 2.45) is 17.6 Å². The second-order valence-corrected chi connectivity index (χ2v) is 4.99. The van der Waals surface area contributed by atoms with Gasteiger partial charge in [0, 0.05) is 31.9 Å². The molecule has 1 fully saturated rings. The van der Waals surface area contributed by atoms with Crippen LogP contribution in [-0.2, 0) is 6.54 Å². The highest BCUT2D eigenvalue weighted by Gasteiger charge is 2.33. The first-order chi connectivity index (χ1) is 7.63. The van der Waals surface area contributed by atoms with E-state index in [1.165, 1.54) is 17.5 Å². The molecule has 2 N–H and O–H groups in total. The standard InChI is InChI=1S/C13H21N3/c1-9-4-5-15-13(12(9)7-14)16(3)8-11-6-10(11)2/h4-5,10-11H,6-8,14H2,1-3H3. The van der Waals surface area contributed by atoms with Crippen molar-refractivity contribution in [2.75, 3.05) is 18.5 Å². The lowest BCUT2D eigenvalue weighted by molar-refractivity contribution is 0.715. The fourth-order valence-electron chi connectivity index (χ4n) is 2.25. The highest BCUT2D eigenvalue weighted by molar-refractivity contribution is 5.49. The highest BCUT2D eigenvalue weighted by Crippen LogP contribution is 2.38. The number of anilines is 1. The summed E-state index contributed by atoms with van der Waals surface area (Å²) in [5, 5.41) is 0. The summed E-state index contributed by atoms with van der Waals surface area (Å²) in [5.74, 6) is 2.79. The minimum absolute atomic E-state index is 0.569. The fourth-order valence-corrected chi connectivity index (χ4v) is 2.25. The zero-order chi connectivity index (χ0) is 11.7. The molecular formula is C13H21N3. The summed E-state index contributed by atoms with van der Waals surface area (Å²) in [6.07, 6.45) is 3.23. The SMILES string of the molecule is Cc1ccnc(N(C)CC2CC2C)c1CN. The molecule has 3 nitrogen and oxygen atoms in total. The number of rotatable bonds is 4. The molecule has 2 atom stereocenters. The Balaban J connectivity index is 2.15. The van der Waals surface area contributed by atoms with Crippen LogP contribution < -0.4 is 10.6 Å². The lowest BCUT2D eigenvalue weighted by Gasteiger charge is -2.21. The van der Waals surface area contributed by atoms with Gasteiger partial charge in [0.25, 0.3) is 0 Å². The van der Waals surface area contributed by atoms with Gasteiger partial charge >= 0.3 is 0 Å². The van der Waals surface area contributed by atoms with Crippen LogP contribution in [0.3, 0.4) is 0 Å². The van der Waals surface area contributed by atoms with Crippen molar-refractivity contribution < 1.29 is 0 Å². The summed E-state index contributed by atoms with van der Waals surface area (Å²) in [6.45, 7) is 6.08. The molecule has 1 aliphatic rings. The predicted molar refractivity (Wildman–Crippen MR) is 67.4 cm³/mol. The molecule has 88 valence electrons. The van der Waals surface area contributed by atoms with Crippen LogP contribution in [0.4, 0.5) is 5.82 Å². The van der Waals surface area contributed by atoms with Crippen molar-refractivity contribution in [1.82, 2.24) is 4.98 Å². The van der Waals surface area contributed by atoms with E-state index in [1.807, 2.05) is 12.3 Å². The Bertz CT molecular complexity index is 375. The second kappa shape index (κ2) is 4.42. The van der Waals surface area contributed by atoms with E-state index in [9.17, 15) is 0 Å². The van der Waals surface area contributed by atoms with Crippen LogP contribution in [0.2, 0.25) is 0 Å². The van der Waals surface area contributed by atoms with Crippen molar-refractivity contribution in [3.63, 3.8) is 0 Å². The quantitative estimate of drug-likeness (QED) is 0.841. The van der Waals surface area contributed by atoms with Crippen LogP contribution in [0.5, 0.6) is 0 Å². The van der Waals surface area contributed by atoms with E-state index in [-0.39, 0.29) is 0 Å². The lowest BCUT2D eigenvalue weighted by atomic mass is 10.1. The first-order valence-corrected chi connectivity index (χ1v) is 5.99. The third kappa shape index (κ3) is 2.19. The van der Waals surface area contributed by atoms with E-state index in [0.717, 1.165) is 24.2 Å². The molecule has 0 radical (unpaired) electrons. The molecule has 16 heavy (non-hydrogen) atoms. The van der Waals surface area contributed by atoms with Crippen molar-refractivity contribution in [3.8, 4) is 0 Å². The van der Waals surface area contributed by atoms with E-state index in [0.29, 0.717) is 6.54 Å². The number of nitrogens with two attached hydrogens (primary N) is 1. The molecule has 1 heterocycles. The molecule has 1 aliphatic carbocycles. The zero-order valence-corrected chi connectivity index (χ0v) is 10.4. The molecule has 1 saturated carbocycles. The summed E-state index contributed by atoms with van der Waals surface area (Å²) < 4.78 is 0. The van der Waals surface area contributed by atoms with E-state index in [4.69, 9.17) is 5.73 Å².